The monoisotopic (exact) mass is 520 g/mol. The van der Waals surface area contributed by atoms with E-state index in [1.807, 2.05) is 16.9 Å². The summed E-state index contributed by atoms with van der Waals surface area (Å²) in [7, 11) is 9.09. The lowest BCUT2D eigenvalue weighted by atomic mass is 9.96. The van der Waals surface area contributed by atoms with Gasteiger partial charge < -0.3 is 30.7 Å². The van der Waals surface area contributed by atoms with E-state index in [4.69, 9.17) is 25.3 Å². The molecule has 2 heterocycles. The fourth-order valence-corrected chi connectivity index (χ4v) is 4.51. The molecule has 38 heavy (non-hydrogen) atoms. The first-order valence-corrected chi connectivity index (χ1v) is 12.5. The Kier molecular flexibility index (Phi) is 8.28. The zero-order valence-electron chi connectivity index (χ0n) is 22.7. The molecular weight excluding hydrogens is 484 g/mol. The number of anilines is 3. The van der Waals surface area contributed by atoms with Crippen LogP contribution in [0.2, 0.25) is 0 Å². The van der Waals surface area contributed by atoms with Gasteiger partial charge in [-0.2, -0.15) is 10.1 Å². The van der Waals surface area contributed by atoms with E-state index in [1.54, 1.807) is 33.5 Å². The van der Waals surface area contributed by atoms with Crippen LogP contribution in [-0.2, 0) is 22.5 Å². The van der Waals surface area contributed by atoms with Gasteiger partial charge in [0.15, 0.2) is 5.82 Å². The van der Waals surface area contributed by atoms with E-state index in [1.165, 1.54) is 18.4 Å². The van der Waals surface area contributed by atoms with Gasteiger partial charge in [-0.05, 0) is 33.0 Å². The third-order valence-corrected chi connectivity index (χ3v) is 6.41. The van der Waals surface area contributed by atoms with Gasteiger partial charge >= 0.3 is 0 Å². The Morgan fingerprint density at radius 1 is 1.32 bits per heavy atom. The SMILES string of the molecule is C=C(C(N)=O)c1cc(Nc2nccc(-n3cc(CN(C)C)c(C4CC4)n3)n2)c(OC)c(CCOC)c1NC. The lowest BCUT2D eigenvalue weighted by Gasteiger charge is -2.22. The second kappa shape index (κ2) is 11.6. The van der Waals surface area contributed by atoms with Crippen LogP contribution in [0.15, 0.2) is 31.1 Å². The number of methoxy groups -OCH3 is 2. The van der Waals surface area contributed by atoms with Crippen LogP contribution in [-0.4, -0.2) is 72.5 Å². The number of ether oxygens (including phenoxy) is 2. The highest BCUT2D eigenvalue weighted by atomic mass is 16.5. The summed E-state index contributed by atoms with van der Waals surface area (Å²) in [6.45, 7) is 5.16. The minimum absolute atomic E-state index is 0.172. The molecule has 4 N–H and O–H groups in total. The number of hydrogen-bond acceptors (Lipinski definition) is 9. The highest BCUT2D eigenvalue weighted by Gasteiger charge is 2.29. The molecule has 4 rings (SSSR count). The summed E-state index contributed by atoms with van der Waals surface area (Å²) in [4.78, 5) is 23.3. The summed E-state index contributed by atoms with van der Waals surface area (Å²) in [5.41, 5.74) is 10.7. The molecule has 2 aromatic heterocycles. The van der Waals surface area contributed by atoms with Crippen molar-refractivity contribution in [3.63, 3.8) is 0 Å². The van der Waals surface area contributed by atoms with Crippen molar-refractivity contribution in [2.75, 3.05) is 52.6 Å². The minimum Gasteiger partial charge on any atom is -0.494 e. The number of amides is 1. The smallest absolute Gasteiger partial charge is 0.248 e. The Labute approximate surface area is 223 Å². The number of carbonyl (C=O) groups is 1. The first-order chi connectivity index (χ1) is 18.3. The number of nitrogens with zero attached hydrogens (tertiary/aromatic N) is 5. The number of hydrogen-bond donors (Lipinski definition) is 3. The summed E-state index contributed by atoms with van der Waals surface area (Å²) in [5.74, 6) is 1.46. The quantitative estimate of drug-likeness (QED) is 0.291. The summed E-state index contributed by atoms with van der Waals surface area (Å²) >= 11 is 0. The van der Waals surface area contributed by atoms with E-state index < -0.39 is 5.91 Å². The maximum absolute atomic E-state index is 12.0. The summed E-state index contributed by atoms with van der Waals surface area (Å²) in [6, 6.07) is 3.58. The van der Waals surface area contributed by atoms with Crippen molar-refractivity contribution < 1.29 is 14.3 Å². The van der Waals surface area contributed by atoms with E-state index in [9.17, 15) is 4.79 Å². The summed E-state index contributed by atoms with van der Waals surface area (Å²) < 4.78 is 12.9. The molecule has 0 saturated heterocycles. The van der Waals surface area contributed by atoms with Crippen molar-refractivity contribution in [2.45, 2.75) is 31.7 Å². The van der Waals surface area contributed by atoms with Crippen LogP contribution in [0, 0.1) is 0 Å². The van der Waals surface area contributed by atoms with Crippen LogP contribution < -0.4 is 21.1 Å². The van der Waals surface area contributed by atoms with E-state index in [-0.39, 0.29) is 5.57 Å². The molecule has 1 aromatic carbocycles. The summed E-state index contributed by atoms with van der Waals surface area (Å²) in [6.07, 6.45) is 6.58. The predicted octanol–water partition coefficient (Wildman–Crippen LogP) is 3.08. The van der Waals surface area contributed by atoms with E-state index in [0.29, 0.717) is 53.4 Å². The highest BCUT2D eigenvalue weighted by Crippen LogP contribution is 2.42. The van der Waals surface area contributed by atoms with Gasteiger partial charge in [-0.15, -0.1) is 0 Å². The van der Waals surface area contributed by atoms with E-state index in [2.05, 4.69) is 41.2 Å². The van der Waals surface area contributed by atoms with Crippen LogP contribution in [0.5, 0.6) is 5.75 Å². The molecule has 202 valence electrons. The third-order valence-electron chi connectivity index (χ3n) is 6.41. The molecule has 0 radical (unpaired) electrons. The maximum atomic E-state index is 12.0. The average Bonchev–Trinajstić information content (AvgIpc) is 3.66. The summed E-state index contributed by atoms with van der Waals surface area (Å²) in [5, 5.41) is 11.3. The Balaban J connectivity index is 1.75. The number of nitrogens with two attached hydrogens (primary N) is 1. The first-order valence-electron chi connectivity index (χ1n) is 12.5. The van der Waals surface area contributed by atoms with Gasteiger partial charge in [-0.3, -0.25) is 4.79 Å². The molecule has 1 saturated carbocycles. The third kappa shape index (κ3) is 5.79. The molecule has 1 fully saturated rings. The molecule has 0 aliphatic heterocycles. The molecule has 0 spiro atoms. The van der Waals surface area contributed by atoms with Gasteiger partial charge in [-0.1, -0.05) is 6.58 Å². The number of benzene rings is 1. The minimum atomic E-state index is -0.618. The topological polar surface area (TPSA) is 132 Å². The molecule has 11 nitrogen and oxygen atoms in total. The van der Waals surface area contributed by atoms with Crippen molar-refractivity contribution in [3.8, 4) is 11.6 Å². The van der Waals surface area contributed by atoms with Gasteiger partial charge in [0.25, 0.3) is 0 Å². The van der Waals surface area contributed by atoms with Crippen LogP contribution >= 0.6 is 0 Å². The normalized spacial score (nSPS) is 13.0. The molecule has 1 amide bonds. The van der Waals surface area contributed by atoms with Crippen molar-refractivity contribution >= 4 is 28.8 Å². The van der Waals surface area contributed by atoms with Crippen LogP contribution in [0.1, 0.15) is 41.1 Å². The van der Waals surface area contributed by atoms with Crippen LogP contribution in [0.3, 0.4) is 0 Å². The zero-order chi connectivity index (χ0) is 27.4. The van der Waals surface area contributed by atoms with E-state index >= 15 is 0 Å². The van der Waals surface area contributed by atoms with Gasteiger partial charge in [0, 0.05) is 79.5 Å². The molecule has 11 heteroatoms. The molecule has 3 aromatic rings. The second-order valence-corrected chi connectivity index (χ2v) is 9.55. The molecule has 0 bridgehead atoms. The van der Waals surface area contributed by atoms with Gasteiger partial charge in [-0.25, -0.2) is 9.67 Å². The molecule has 0 unspecified atom stereocenters. The van der Waals surface area contributed by atoms with Crippen molar-refractivity contribution in [1.82, 2.24) is 24.6 Å². The average molecular weight is 521 g/mol. The fraction of sp³-hybridized carbons (Fsp3) is 0.407. The van der Waals surface area contributed by atoms with Crippen molar-refractivity contribution in [3.05, 3.63) is 53.5 Å². The number of carbonyl (C=O) groups excluding carboxylic acids is 1. The molecular formula is C27H36N8O3. The highest BCUT2D eigenvalue weighted by molar-refractivity contribution is 6.20. The Morgan fingerprint density at radius 3 is 2.68 bits per heavy atom. The predicted molar refractivity (Wildman–Crippen MR) is 148 cm³/mol. The fourth-order valence-electron chi connectivity index (χ4n) is 4.51. The van der Waals surface area contributed by atoms with Crippen LogP contribution in [0.4, 0.5) is 17.3 Å². The lowest BCUT2D eigenvalue weighted by Crippen LogP contribution is -2.15. The van der Waals surface area contributed by atoms with Crippen LogP contribution in [0.25, 0.3) is 11.4 Å². The molecule has 1 aliphatic carbocycles. The zero-order valence-corrected chi connectivity index (χ0v) is 22.7. The maximum Gasteiger partial charge on any atom is 0.248 e. The van der Waals surface area contributed by atoms with Gasteiger partial charge in [0.05, 0.1) is 25.1 Å². The number of aromatic nitrogens is 4. The molecule has 1 aliphatic rings. The van der Waals surface area contributed by atoms with Gasteiger partial charge in [0.1, 0.15) is 5.75 Å². The standard InChI is InChI=1S/C27H36N8O3/c1-16(26(28)36)20-13-21(25(38-6)19(10-12-37-5)24(20)29-2)31-27-30-11-9-22(32-27)35-15-18(14-34(3)4)23(33-35)17-7-8-17/h9,11,13,15,17,29H,1,7-8,10,12,14H2,2-6H3,(H2,28,36)(H,30,31,32). The second-order valence-electron chi connectivity index (χ2n) is 9.55. The van der Waals surface area contributed by atoms with Crippen molar-refractivity contribution in [1.29, 1.82) is 0 Å². The largest absolute Gasteiger partial charge is 0.494 e. The Hall–Kier alpha value is -3.96. The Morgan fingerprint density at radius 2 is 2.08 bits per heavy atom. The van der Waals surface area contributed by atoms with E-state index in [0.717, 1.165) is 17.8 Å². The number of rotatable bonds is 13. The number of nitrogens with one attached hydrogen (secondary N) is 2. The van der Waals surface area contributed by atoms with Gasteiger partial charge in [0.2, 0.25) is 11.9 Å². The van der Waals surface area contributed by atoms with Crippen molar-refractivity contribution in [2.24, 2.45) is 5.73 Å². The number of primary amides is 1. The molecule has 0 atom stereocenters. The lowest BCUT2D eigenvalue weighted by molar-refractivity contribution is -0.112. The Bertz CT molecular complexity index is 1330. The first kappa shape index (κ1) is 27.1.